The number of hydrogen-bond acceptors (Lipinski definition) is 6. The standard InChI is InChI=1S/C10H8ClN3O5S2/c1-5-9(20-10(15)12-5)21(18,19)13-6-2-3-8(14(16)17)7(11)4-6/h2-4,13H,1H3,(H,12,15). The van der Waals surface area contributed by atoms with E-state index in [1.54, 1.807) is 0 Å². The van der Waals surface area contributed by atoms with E-state index >= 15 is 0 Å². The number of nitro benzene ring substituents is 1. The van der Waals surface area contributed by atoms with Gasteiger partial charge in [0, 0.05) is 11.8 Å². The van der Waals surface area contributed by atoms with Gasteiger partial charge in [-0.05, 0) is 19.1 Å². The fraction of sp³-hybridized carbons (Fsp3) is 0.100. The van der Waals surface area contributed by atoms with Crippen LogP contribution in [0.25, 0.3) is 0 Å². The highest BCUT2D eigenvalue weighted by molar-refractivity contribution is 7.94. The van der Waals surface area contributed by atoms with Crippen LogP contribution in [0.2, 0.25) is 5.02 Å². The summed E-state index contributed by atoms with van der Waals surface area (Å²) >= 11 is 6.25. The van der Waals surface area contributed by atoms with Crippen molar-refractivity contribution in [3.8, 4) is 0 Å². The molecular weight excluding hydrogens is 342 g/mol. The first-order valence-electron chi connectivity index (χ1n) is 5.37. The Morgan fingerprint density at radius 3 is 2.57 bits per heavy atom. The number of sulfonamides is 1. The van der Waals surface area contributed by atoms with Crippen molar-refractivity contribution in [1.29, 1.82) is 0 Å². The third kappa shape index (κ3) is 3.23. The van der Waals surface area contributed by atoms with Gasteiger partial charge in [0.05, 0.1) is 10.6 Å². The number of nitrogens with zero attached hydrogens (tertiary/aromatic N) is 1. The molecule has 11 heteroatoms. The van der Waals surface area contributed by atoms with Crippen LogP contribution >= 0.6 is 22.9 Å². The van der Waals surface area contributed by atoms with Crippen molar-refractivity contribution in [2.75, 3.05) is 4.72 Å². The van der Waals surface area contributed by atoms with Crippen molar-refractivity contribution in [3.05, 3.63) is 48.7 Å². The van der Waals surface area contributed by atoms with Crippen molar-refractivity contribution < 1.29 is 13.3 Å². The minimum Gasteiger partial charge on any atom is -0.315 e. The molecule has 112 valence electrons. The first-order valence-corrected chi connectivity index (χ1v) is 8.05. The molecule has 0 aliphatic carbocycles. The molecule has 1 heterocycles. The number of thiazole rings is 1. The second-order valence-corrected chi connectivity index (χ2v) is 7.22. The SMILES string of the molecule is Cc1[nH]c(=O)sc1S(=O)(=O)Nc1ccc([N+](=O)[O-])c(Cl)c1. The van der Waals surface area contributed by atoms with Crippen molar-refractivity contribution in [2.24, 2.45) is 0 Å². The van der Waals surface area contributed by atoms with E-state index in [1.807, 2.05) is 0 Å². The smallest absolute Gasteiger partial charge is 0.306 e. The lowest BCUT2D eigenvalue weighted by molar-refractivity contribution is -0.384. The molecule has 0 aliphatic heterocycles. The highest BCUT2D eigenvalue weighted by Gasteiger charge is 2.22. The summed E-state index contributed by atoms with van der Waals surface area (Å²) in [5, 5.41) is 10.4. The number of aryl methyl sites for hydroxylation is 1. The van der Waals surface area contributed by atoms with Crippen LogP contribution in [-0.4, -0.2) is 18.3 Å². The van der Waals surface area contributed by atoms with E-state index in [9.17, 15) is 23.3 Å². The summed E-state index contributed by atoms with van der Waals surface area (Å²) in [5.74, 6) is 0. The molecule has 0 fully saturated rings. The Bertz CT molecular complexity index is 871. The van der Waals surface area contributed by atoms with Crippen molar-refractivity contribution in [2.45, 2.75) is 11.1 Å². The lowest BCUT2D eigenvalue weighted by Crippen LogP contribution is -2.12. The summed E-state index contributed by atoms with van der Waals surface area (Å²) in [4.78, 5) is 23.0. The van der Waals surface area contributed by atoms with E-state index in [2.05, 4.69) is 9.71 Å². The molecule has 21 heavy (non-hydrogen) atoms. The van der Waals surface area contributed by atoms with Crippen molar-refractivity contribution >= 4 is 44.3 Å². The minimum atomic E-state index is -3.96. The zero-order valence-electron chi connectivity index (χ0n) is 10.4. The van der Waals surface area contributed by atoms with Gasteiger partial charge in [-0.3, -0.25) is 19.6 Å². The number of nitro groups is 1. The lowest BCUT2D eigenvalue weighted by atomic mass is 10.3. The monoisotopic (exact) mass is 349 g/mol. The molecule has 2 N–H and O–H groups in total. The minimum absolute atomic E-state index is 0.0610. The van der Waals surface area contributed by atoms with Gasteiger partial charge < -0.3 is 4.98 Å². The molecule has 0 amide bonds. The largest absolute Gasteiger partial charge is 0.315 e. The summed E-state index contributed by atoms with van der Waals surface area (Å²) in [6.07, 6.45) is 0. The average Bonchev–Trinajstić information content (AvgIpc) is 2.68. The highest BCUT2D eigenvalue weighted by atomic mass is 35.5. The third-order valence-electron chi connectivity index (χ3n) is 2.42. The Morgan fingerprint density at radius 1 is 1.43 bits per heavy atom. The maximum absolute atomic E-state index is 12.1. The summed E-state index contributed by atoms with van der Waals surface area (Å²) in [7, 11) is -3.96. The van der Waals surface area contributed by atoms with Crippen LogP contribution in [0.5, 0.6) is 0 Å². The molecule has 2 aromatic rings. The van der Waals surface area contributed by atoms with E-state index < -0.39 is 19.8 Å². The molecule has 1 aromatic heterocycles. The predicted molar refractivity (Wildman–Crippen MR) is 78.6 cm³/mol. The third-order valence-corrected chi connectivity index (χ3v) is 5.71. The Morgan fingerprint density at radius 2 is 2.10 bits per heavy atom. The normalized spacial score (nSPS) is 11.3. The molecule has 0 saturated carbocycles. The Hall–Kier alpha value is -1.91. The number of aromatic amines is 1. The molecule has 8 nitrogen and oxygen atoms in total. The van der Waals surface area contributed by atoms with E-state index in [1.165, 1.54) is 13.0 Å². The molecule has 0 radical (unpaired) electrons. The molecule has 1 aromatic carbocycles. The van der Waals surface area contributed by atoms with Gasteiger partial charge in [-0.1, -0.05) is 22.9 Å². The van der Waals surface area contributed by atoms with Gasteiger partial charge >= 0.3 is 4.87 Å². The van der Waals surface area contributed by atoms with Gasteiger partial charge in [0.25, 0.3) is 15.7 Å². The Labute approximate surface area is 127 Å². The van der Waals surface area contributed by atoms with Crippen LogP contribution < -0.4 is 9.60 Å². The number of halogens is 1. The van der Waals surface area contributed by atoms with Crippen LogP contribution in [0.1, 0.15) is 5.69 Å². The van der Waals surface area contributed by atoms with Gasteiger partial charge in [-0.25, -0.2) is 8.42 Å². The molecule has 0 unspecified atom stereocenters. The van der Waals surface area contributed by atoms with Crippen molar-refractivity contribution in [1.82, 2.24) is 4.98 Å². The summed E-state index contributed by atoms with van der Waals surface area (Å²) in [5.41, 5.74) is -0.0570. The maximum atomic E-state index is 12.1. The zero-order chi connectivity index (χ0) is 15.8. The van der Waals surface area contributed by atoms with Gasteiger partial charge in [0.1, 0.15) is 5.02 Å². The van der Waals surface area contributed by atoms with E-state index in [4.69, 9.17) is 11.6 Å². The van der Waals surface area contributed by atoms with Crippen LogP contribution in [0.4, 0.5) is 11.4 Å². The zero-order valence-corrected chi connectivity index (χ0v) is 12.8. The number of H-pyrrole nitrogens is 1. The molecule has 0 aliphatic rings. The Balaban J connectivity index is 2.37. The molecular formula is C10H8ClN3O5S2. The number of anilines is 1. The van der Waals surface area contributed by atoms with Crippen LogP contribution in [0.3, 0.4) is 0 Å². The van der Waals surface area contributed by atoms with Crippen LogP contribution in [0, 0.1) is 17.0 Å². The molecule has 2 rings (SSSR count). The van der Waals surface area contributed by atoms with Gasteiger partial charge in [0.15, 0.2) is 4.21 Å². The first kappa shape index (κ1) is 15.5. The molecule has 0 bridgehead atoms. The summed E-state index contributed by atoms with van der Waals surface area (Å²) < 4.78 is 26.3. The second-order valence-electron chi connectivity index (χ2n) is 3.96. The fourth-order valence-electron chi connectivity index (χ4n) is 1.57. The molecule has 0 atom stereocenters. The second kappa shape index (κ2) is 5.47. The predicted octanol–water partition coefficient (Wildman–Crippen LogP) is 2.11. The number of hydrogen-bond donors (Lipinski definition) is 2. The van der Waals surface area contributed by atoms with Gasteiger partial charge in [-0.15, -0.1) is 0 Å². The van der Waals surface area contributed by atoms with Crippen molar-refractivity contribution in [3.63, 3.8) is 0 Å². The van der Waals surface area contributed by atoms with E-state index in [0.717, 1.165) is 12.1 Å². The highest BCUT2D eigenvalue weighted by Crippen LogP contribution is 2.29. The van der Waals surface area contributed by atoms with Crippen LogP contribution in [0.15, 0.2) is 27.2 Å². The van der Waals surface area contributed by atoms with Gasteiger partial charge in [0.2, 0.25) is 0 Å². The van der Waals surface area contributed by atoms with Crippen LogP contribution in [-0.2, 0) is 10.0 Å². The average molecular weight is 350 g/mol. The number of rotatable bonds is 4. The topological polar surface area (TPSA) is 122 Å². The molecule has 0 saturated heterocycles. The molecule has 0 spiro atoms. The number of nitrogens with one attached hydrogen (secondary N) is 2. The number of aromatic nitrogens is 1. The maximum Gasteiger partial charge on any atom is 0.306 e. The van der Waals surface area contributed by atoms with Gasteiger partial charge in [-0.2, -0.15) is 0 Å². The summed E-state index contributed by atoms with van der Waals surface area (Å²) in [6, 6.07) is 3.43. The quantitative estimate of drug-likeness (QED) is 0.646. The number of benzene rings is 1. The van der Waals surface area contributed by atoms with E-state index in [-0.39, 0.29) is 26.3 Å². The lowest BCUT2D eigenvalue weighted by Gasteiger charge is -2.07. The summed E-state index contributed by atoms with van der Waals surface area (Å²) in [6.45, 7) is 1.45. The van der Waals surface area contributed by atoms with E-state index in [0.29, 0.717) is 11.3 Å². The first-order chi connectivity index (χ1) is 9.70. The Kier molecular flexibility index (Phi) is 4.03. The fourth-order valence-corrected chi connectivity index (χ4v) is 4.17.